The van der Waals surface area contributed by atoms with E-state index >= 15 is 0 Å². The fourth-order valence-corrected chi connectivity index (χ4v) is 2.96. The molecule has 2 rings (SSSR count). The Hall–Kier alpha value is -2.78. The molecular weight excluding hydrogens is 372 g/mol. The second-order valence-corrected chi connectivity index (χ2v) is 7.09. The third-order valence-corrected chi connectivity index (χ3v) is 4.30. The fraction of sp³-hybridized carbons (Fsp3) is 0.333. The lowest BCUT2D eigenvalue weighted by atomic mass is 9.95. The van der Waals surface area contributed by atoms with Gasteiger partial charge in [0, 0.05) is 22.8 Å². The van der Waals surface area contributed by atoms with Gasteiger partial charge in [-0.2, -0.15) is 0 Å². The van der Waals surface area contributed by atoms with E-state index in [2.05, 4.69) is 10.3 Å². The van der Waals surface area contributed by atoms with E-state index in [1.165, 1.54) is 11.3 Å². The maximum absolute atomic E-state index is 12.2. The van der Waals surface area contributed by atoms with Crippen molar-refractivity contribution in [2.24, 2.45) is 0 Å². The zero-order chi connectivity index (χ0) is 20.0. The Labute approximate surface area is 159 Å². The van der Waals surface area contributed by atoms with E-state index in [9.17, 15) is 24.6 Å². The molecule has 144 valence electrons. The number of benzene rings is 1. The summed E-state index contributed by atoms with van der Waals surface area (Å²) in [5.41, 5.74) is -1.34. The second-order valence-electron chi connectivity index (χ2n) is 6.20. The Balaban J connectivity index is 2.07. The van der Waals surface area contributed by atoms with Crippen molar-refractivity contribution in [1.82, 2.24) is 4.98 Å². The first-order valence-electron chi connectivity index (χ1n) is 8.14. The maximum atomic E-state index is 12.2. The number of ether oxygens (including phenoxy) is 1. The van der Waals surface area contributed by atoms with Crippen LogP contribution in [0.4, 0.5) is 5.69 Å². The minimum Gasteiger partial charge on any atom is -0.479 e. The number of rotatable bonds is 8. The normalized spacial score (nSPS) is 13.0. The quantitative estimate of drug-likeness (QED) is 0.588. The number of carbonyl (C=O) groups is 3. The lowest BCUT2D eigenvalue weighted by Crippen LogP contribution is -2.44. The van der Waals surface area contributed by atoms with Crippen LogP contribution in [-0.4, -0.2) is 44.7 Å². The zero-order valence-electron chi connectivity index (χ0n) is 14.8. The molecular formula is C18H20N2O6S. The van der Waals surface area contributed by atoms with E-state index < -0.39 is 42.4 Å². The van der Waals surface area contributed by atoms with Gasteiger partial charge in [-0.05, 0) is 26.0 Å². The van der Waals surface area contributed by atoms with Crippen LogP contribution in [0.25, 0.3) is 10.6 Å². The Bertz CT molecular complexity index is 821. The summed E-state index contributed by atoms with van der Waals surface area (Å²) in [5, 5.41) is 24.6. The number of aliphatic hydroxyl groups is 1. The third kappa shape index (κ3) is 5.87. The molecule has 0 bridgehead atoms. The van der Waals surface area contributed by atoms with E-state index in [4.69, 9.17) is 4.74 Å². The van der Waals surface area contributed by atoms with Crippen molar-refractivity contribution in [2.45, 2.75) is 38.4 Å². The van der Waals surface area contributed by atoms with Gasteiger partial charge in [0.25, 0.3) is 0 Å². The molecule has 0 fully saturated rings. The molecule has 27 heavy (non-hydrogen) atoms. The van der Waals surface area contributed by atoms with E-state index in [1.54, 1.807) is 38.2 Å². The van der Waals surface area contributed by atoms with Gasteiger partial charge in [0.15, 0.2) is 5.60 Å². The molecule has 0 radical (unpaired) electrons. The van der Waals surface area contributed by atoms with Crippen LogP contribution in [0.2, 0.25) is 0 Å². The monoisotopic (exact) mass is 392 g/mol. The summed E-state index contributed by atoms with van der Waals surface area (Å²) in [6.07, 6.45) is -0.420. The molecule has 0 spiro atoms. The van der Waals surface area contributed by atoms with Crippen LogP contribution in [0.5, 0.6) is 0 Å². The molecule has 0 aliphatic rings. The minimum atomic E-state index is -2.55. The average Bonchev–Trinajstić information content (AvgIpc) is 3.08. The van der Waals surface area contributed by atoms with Crippen molar-refractivity contribution in [2.75, 3.05) is 5.32 Å². The number of anilines is 1. The van der Waals surface area contributed by atoms with Crippen molar-refractivity contribution in [3.8, 4) is 10.6 Å². The number of carboxylic acid groups (broad SMARTS) is 1. The smallest absolute Gasteiger partial charge is 0.336 e. The zero-order valence-corrected chi connectivity index (χ0v) is 15.7. The molecule has 8 nitrogen and oxygen atoms in total. The number of hydrogen-bond donors (Lipinski definition) is 3. The van der Waals surface area contributed by atoms with Gasteiger partial charge in [-0.1, -0.05) is 12.1 Å². The van der Waals surface area contributed by atoms with Crippen molar-refractivity contribution >= 4 is 34.9 Å². The van der Waals surface area contributed by atoms with Crippen molar-refractivity contribution in [3.05, 3.63) is 35.8 Å². The van der Waals surface area contributed by atoms with E-state index in [-0.39, 0.29) is 0 Å². The number of aliphatic carboxylic acids is 1. The molecule has 1 heterocycles. The number of thiazole rings is 1. The third-order valence-electron chi connectivity index (χ3n) is 3.48. The highest BCUT2D eigenvalue weighted by Gasteiger charge is 2.41. The van der Waals surface area contributed by atoms with Gasteiger partial charge in [0.1, 0.15) is 5.01 Å². The molecule has 9 heteroatoms. The highest BCUT2D eigenvalue weighted by Crippen LogP contribution is 2.25. The number of nitrogens with one attached hydrogen (secondary N) is 1. The van der Waals surface area contributed by atoms with Gasteiger partial charge in [-0.15, -0.1) is 11.3 Å². The van der Waals surface area contributed by atoms with Crippen LogP contribution >= 0.6 is 11.3 Å². The van der Waals surface area contributed by atoms with Gasteiger partial charge in [-0.25, -0.2) is 9.78 Å². The van der Waals surface area contributed by atoms with Crippen molar-refractivity contribution in [1.29, 1.82) is 0 Å². The standard InChI is InChI=1S/C18H20N2O6S/c1-11(2)26-15(22)10-18(25,17(23)24)9-14(21)20-13-5-3-4-12(8-13)16-19-6-7-27-16/h3-8,11,25H,9-10H2,1-2H3,(H,20,21)(H,23,24). The van der Waals surface area contributed by atoms with Crippen LogP contribution in [0.3, 0.4) is 0 Å². The van der Waals surface area contributed by atoms with Gasteiger partial charge in [0.05, 0.1) is 18.9 Å². The number of carboxylic acids is 1. The molecule has 0 aliphatic heterocycles. The van der Waals surface area contributed by atoms with Crippen LogP contribution < -0.4 is 5.32 Å². The van der Waals surface area contributed by atoms with Crippen LogP contribution in [-0.2, 0) is 19.1 Å². The second kappa shape index (κ2) is 8.74. The SMILES string of the molecule is CC(C)OC(=O)CC(O)(CC(=O)Nc1cccc(-c2nccs2)c1)C(=O)O. The lowest BCUT2D eigenvalue weighted by molar-refractivity contribution is -0.170. The van der Waals surface area contributed by atoms with Crippen LogP contribution in [0.15, 0.2) is 35.8 Å². The summed E-state index contributed by atoms with van der Waals surface area (Å²) in [6.45, 7) is 3.19. The number of nitrogens with zero attached hydrogens (tertiary/aromatic N) is 1. The van der Waals surface area contributed by atoms with Gasteiger partial charge in [-0.3, -0.25) is 9.59 Å². The molecule has 1 aromatic carbocycles. The molecule has 0 saturated heterocycles. The maximum Gasteiger partial charge on any atom is 0.336 e. The average molecular weight is 392 g/mol. The summed E-state index contributed by atoms with van der Waals surface area (Å²) in [4.78, 5) is 39.5. The molecule has 0 aliphatic carbocycles. The molecule has 1 unspecified atom stereocenters. The highest BCUT2D eigenvalue weighted by atomic mass is 32.1. The molecule has 0 saturated carbocycles. The first kappa shape index (κ1) is 20.5. The summed E-state index contributed by atoms with van der Waals surface area (Å²) >= 11 is 1.44. The Morgan fingerprint density at radius 3 is 2.63 bits per heavy atom. The van der Waals surface area contributed by atoms with Crippen molar-refractivity contribution < 1.29 is 29.3 Å². The summed E-state index contributed by atoms with van der Waals surface area (Å²) < 4.78 is 4.85. The predicted octanol–water partition coefficient (Wildman–Crippen LogP) is 2.30. The Morgan fingerprint density at radius 1 is 1.30 bits per heavy atom. The highest BCUT2D eigenvalue weighted by molar-refractivity contribution is 7.13. The molecule has 2 aromatic rings. The summed E-state index contributed by atoms with van der Waals surface area (Å²) in [7, 11) is 0. The van der Waals surface area contributed by atoms with Gasteiger partial charge in [0.2, 0.25) is 5.91 Å². The molecule has 1 amide bonds. The minimum absolute atomic E-state index is 0.421. The van der Waals surface area contributed by atoms with Gasteiger partial charge >= 0.3 is 11.9 Å². The number of amides is 1. The fourth-order valence-electron chi connectivity index (χ4n) is 2.32. The number of hydrogen-bond acceptors (Lipinski definition) is 7. The van der Waals surface area contributed by atoms with Crippen LogP contribution in [0.1, 0.15) is 26.7 Å². The topological polar surface area (TPSA) is 126 Å². The van der Waals surface area contributed by atoms with E-state index in [0.29, 0.717) is 5.69 Å². The Morgan fingerprint density at radius 2 is 2.04 bits per heavy atom. The first-order valence-corrected chi connectivity index (χ1v) is 9.02. The molecule has 1 atom stereocenters. The largest absolute Gasteiger partial charge is 0.479 e. The number of carbonyl (C=O) groups excluding carboxylic acids is 2. The predicted molar refractivity (Wildman–Crippen MR) is 99.2 cm³/mol. The molecule has 3 N–H and O–H groups in total. The van der Waals surface area contributed by atoms with E-state index in [0.717, 1.165) is 10.6 Å². The van der Waals surface area contributed by atoms with Crippen molar-refractivity contribution in [3.63, 3.8) is 0 Å². The van der Waals surface area contributed by atoms with E-state index in [1.807, 2.05) is 11.4 Å². The molecule has 1 aromatic heterocycles. The Kier molecular flexibility index (Phi) is 6.65. The van der Waals surface area contributed by atoms with Crippen LogP contribution in [0, 0.1) is 0 Å². The lowest BCUT2D eigenvalue weighted by Gasteiger charge is -2.22. The number of aromatic nitrogens is 1. The first-order chi connectivity index (χ1) is 12.7. The summed E-state index contributed by atoms with van der Waals surface area (Å²) in [5.74, 6) is -3.31. The summed E-state index contributed by atoms with van der Waals surface area (Å²) in [6, 6.07) is 6.85. The van der Waals surface area contributed by atoms with Gasteiger partial charge < -0.3 is 20.3 Å². The number of esters is 1.